The minimum Gasteiger partial charge on any atom is -0.348 e. The highest BCUT2D eigenvalue weighted by atomic mass is 16.2. The summed E-state index contributed by atoms with van der Waals surface area (Å²) < 4.78 is 1.66. The van der Waals surface area contributed by atoms with Crippen LogP contribution in [0.2, 0.25) is 0 Å². The molecule has 0 aromatic carbocycles. The van der Waals surface area contributed by atoms with Gasteiger partial charge in [0.25, 0.3) is 5.91 Å². The molecule has 1 aliphatic carbocycles. The molecule has 1 heterocycles. The Labute approximate surface area is 89.7 Å². The Kier molecular flexibility index (Phi) is 2.50. The lowest BCUT2D eigenvalue weighted by Gasteiger charge is -2.01. The van der Waals surface area contributed by atoms with Crippen molar-refractivity contribution in [2.75, 3.05) is 0 Å². The van der Waals surface area contributed by atoms with Gasteiger partial charge in [0.15, 0.2) is 0 Å². The average molecular weight is 207 g/mol. The van der Waals surface area contributed by atoms with Crippen molar-refractivity contribution in [3.8, 4) is 0 Å². The number of aromatic nitrogens is 2. The van der Waals surface area contributed by atoms with Crippen molar-refractivity contribution in [2.45, 2.75) is 38.6 Å². The zero-order valence-electron chi connectivity index (χ0n) is 9.45. The van der Waals surface area contributed by atoms with Crippen molar-refractivity contribution in [1.29, 1.82) is 0 Å². The quantitative estimate of drug-likeness (QED) is 0.815. The van der Waals surface area contributed by atoms with E-state index >= 15 is 0 Å². The molecule has 0 bridgehead atoms. The van der Waals surface area contributed by atoms with Crippen molar-refractivity contribution in [3.05, 3.63) is 17.5 Å². The molecule has 15 heavy (non-hydrogen) atoms. The SMILES string of the molecule is CC(C)c1cc(C(=O)NC2CC2)n(C)n1. The second-order valence-corrected chi connectivity index (χ2v) is 4.48. The van der Waals surface area contributed by atoms with Crippen molar-refractivity contribution in [1.82, 2.24) is 15.1 Å². The first-order chi connectivity index (χ1) is 7.08. The second kappa shape index (κ2) is 3.68. The number of carbonyl (C=O) groups excluding carboxylic acids is 1. The zero-order valence-corrected chi connectivity index (χ0v) is 9.45. The summed E-state index contributed by atoms with van der Waals surface area (Å²) in [6.45, 7) is 4.15. The first-order valence-corrected chi connectivity index (χ1v) is 5.42. The molecule has 1 saturated carbocycles. The normalized spacial score (nSPS) is 15.7. The molecule has 4 nitrogen and oxygen atoms in total. The summed E-state index contributed by atoms with van der Waals surface area (Å²) in [6.07, 6.45) is 2.22. The number of nitrogens with zero attached hydrogens (tertiary/aromatic N) is 2. The van der Waals surface area contributed by atoms with Crippen molar-refractivity contribution >= 4 is 5.91 Å². The van der Waals surface area contributed by atoms with Gasteiger partial charge in [0.05, 0.1) is 5.69 Å². The number of hydrogen-bond acceptors (Lipinski definition) is 2. The highest BCUT2D eigenvalue weighted by molar-refractivity contribution is 5.93. The van der Waals surface area contributed by atoms with Crippen molar-refractivity contribution in [3.63, 3.8) is 0 Å². The summed E-state index contributed by atoms with van der Waals surface area (Å²) in [4.78, 5) is 11.8. The number of rotatable bonds is 3. The van der Waals surface area contributed by atoms with Gasteiger partial charge in [0.1, 0.15) is 5.69 Å². The van der Waals surface area contributed by atoms with Crippen LogP contribution in [-0.4, -0.2) is 21.7 Å². The lowest BCUT2D eigenvalue weighted by atomic mass is 10.1. The molecule has 1 N–H and O–H groups in total. The van der Waals surface area contributed by atoms with Gasteiger partial charge in [0.2, 0.25) is 0 Å². The topological polar surface area (TPSA) is 46.9 Å². The first kappa shape index (κ1) is 10.2. The maximum absolute atomic E-state index is 11.8. The molecule has 0 radical (unpaired) electrons. The molecule has 0 saturated heterocycles. The summed E-state index contributed by atoms with van der Waals surface area (Å²) in [5, 5.41) is 7.28. The fourth-order valence-electron chi connectivity index (χ4n) is 1.47. The van der Waals surface area contributed by atoms with Crippen LogP contribution in [0.25, 0.3) is 0 Å². The van der Waals surface area contributed by atoms with Gasteiger partial charge in [-0.25, -0.2) is 0 Å². The molecule has 1 fully saturated rings. The largest absolute Gasteiger partial charge is 0.348 e. The van der Waals surface area contributed by atoms with E-state index in [1.165, 1.54) is 0 Å². The van der Waals surface area contributed by atoms with Crippen LogP contribution in [-0.2, 0) is 7.05 Å². The van der Waals surface area contributed by atoms with E-state index in [9.17, 15) is 4.79 Å². The van der Waals surface area contributed by atoms with Crippen molar-refractivity contribution in [2.24, 2.45) is 7.05 Å². The smallest absolute Gasteiger partial charge is 0.269 e. The van der Waals surface area contributed by atoms with Gasteiger partial charge < -0.3 is 5.32 Å². The Morgan fingerprint density at radius 1 is 1.60 bits per heavy atom. The summed E-state index contributed by atoms with van der Waals surface area (Å²) >= 11 is 0. The Morgan fingerprint density at radius 2 is 2.27 bits per heavy atom. The Bertz CT molecular complexity index is 377. The fraction of sp³-hybridized carbons (Fsp3) is 0.636. The Morgan fingerprint density at radius 3 is 2.73 bits per heavy atom. The van der Waals surface area contributed by atoms with Gasteiger partial charge in [-0.15, -0.1) is 0 Å². The van der Waals surface area contributed by atoms with Crippen LogP contribution < -0.4 is 5.32 Å². The molecule has 0 unspecified atom stereocenters. The van der Waals surface area contributed by atoms with Crippen LogP contribution in [0.1, 0.15) is 48.8 Å². The lowest BCUT2D eigenvalue weighted by Crippen LogP contribution is -2.27. The number of hydrogen-bond donors (Lipinski definition) is 1. The molecule has 0 aliphatic heterocycles. The third-order valence-electron chi connectivity index (χ3n) is 2.64. The number of carbonyl (C=O) groups is 1. The number of amides is 1. The lowest BCUT2D eigenvalue weighted by molar-refractivity contribution is 0.0941. The molecule has 0 atom stereocenters. The standard InChI is InChI=1S/C11H17N3O/c1-7(2)9-6-10(14(3)13-9)11(15)12-8-4-5-8/h6-8H,4-5H2,1-3H3,(H,12,15). The van der Waals surface area contributed by atoms with E-state index in [1.54, 1.807) is 4.68 Å². The van der Waals surface area contributed by atoms with Crippen LogP contribution >= 0.6 is 0 Å². The van der Waals surface area contributed by atoms with E-state index in [1.807, 2.05) is 13.1 Å². The molecule has 1 aliphatic rings. The van der Waals surface area contributed by atoms with Gasteiger partial charge in [-0.1, -0.05) is 13.8 Å². The predicted molar refractivity (Wildman–Crippen MR) is 57.8 cm³/mol. The first-order valence-electron chi connectivity index (χ1n) is 5.42. The van der Waals surface area contributed by atoms with Gasteiger partial charge in [-0.2, -0.15) is 5.10 Å². The monoisotopic (exact) mass is 207 g/mol. The number of nitrogens with one attached hydrogen (secondary N) is 1. The highest BCUT2D eigenvalue weighted by Crippen LogP contribution is 2.20. The maximum Gasteiger partial charge on any atom is 0.269 e. The fourth-order valence-corrected chi connectivity index (χ4v) is 1.47. The molecular formula is C11H17N3O. The van der Waals surface area contributed by atoms with Crippen LogP contribution in [0.4, 0.5) is 0 Å². The summed E-state index contributed by atoms with van der Waals surface area (Å²) in [5.74, 6) is 0.359. The van der Waals surface area contributed by atoms with Crippen molar-refractivity contribution < 1.29 is 4.79 Å². The van der Waals surface area contributed by atoms with E-state index in [0.29, 0.717) is 17.7 Å². The molecule has 82 valence electrons. The Balaban J connectivity index is 2.15. The molecule has 1 aromatic rings. The molecule has 2 rings (SSSR count). The highest BCUT2D eigenvalue weighted by Gasteiger charge is 2.25. The van der Waals surface area contributed by atoms with Crippen LogP contribution in [0, 0.1) is 0 Å². The minimum absolute atomic E-state index is 0.000556. The third-order valence-corrected chi connectivity index (χ3v) is 2.64. The molecular weight excluding hydrogens is 190 g/mol. The average Bonchev–Trinajstić information content (AvgIpc) is 2.86. The van der Waals surface area contributed by atoms with Gasteiger partial charge in [-0.3, -0.25) is 9.48 Å². The number of aryl methyl sites for hydroxylation is 1. The van der Waals surface area contributed by atoms with Crippen LogP contribution in [0.15, 0.2) is 6.07 Å². The van der Waals surface area contributed by atoms with E-state index in [0.717, 1.165) is 18.5 Å². The van der Waals surface area contributed by atoms with Gasteiger partial charge >= 0.3 is 0 Å². The van der Waals surface area contributed by atoms with Gasteiger partial charge in [0, 0.05) is 13.1 Å². The van der Waals surface area contributed by atoms with E-state index in [2.05, 4.69) is 24.3 Å². The summed E-state index contributed by atoms with van der Waals surface area (Å²) in [6, 6.07) is 2.28. The van der Waals surface area contributed by atoms with Crippen LogP contribution in [0.3, 0.4) is 0 Å². The minimum atomic E-state index is -0.000556. The van der Waals surface area contributed by atoms with Gasteiger partial charge in [-0.05, 0) is 24.8 Å². The van der Waals surface area contributed by atoms with E-state index in [-0.39, 0.29) is 5.91 Å². The molecule has 0 spiro atoms. The van der Waals surface area contributed by atoms with E-state index in [4.69, 9.17) is 0 Å². The van der Waals surface area contributed by atoms with Crippen LogP contribution in [0.5, 0.6) is 0 Å². The second-order valence-electron chi connectivity index (χ2n) is 4.48. The Hall–Kier alpha value is -1.32. The third kappa shape index (κ3) is 2.19. The predicted octanol–water partition coefficient (Wildman–Crippen LogP) is 1.44. The maximum atomic E-state index is 11.8. The summed E-state index contributed by atoms with van der Waals surface area (Å²) in [7, 11) is 1.81. The van der Waals surface area contributed by atoms with E-state index < -0.39 is 0 Å². The molecule has 1 aromatic heterocycles. The molecule has 1 amide bonds. The zero-order chi connectivity index (χ0) is 11.0. The summed E-state index contributed by atoms with van der Waals surface area (Å²) in [5.41, 5.74) is 1.63. The molecule has 4 heteroatoms.